The highest BCUT2D eigenvalue weighted by atomic mass is 16.5. The number of carbonyl (C=O) groups is 1. The maximum absolute atomic E-state index is 11.9. The Balaban J connectivity index is 1.48. The van der Waals surface area contributed by atoms with Gasteiger partial charge in [0.15, 0.2) is 0 Å². The number of pyridine rings is 1. The quantitative estimate of drug-likeness (QED) is 0.325. The van der Waals surface area contributed by atoms with E-state index >= 15 is 0 Å². The second kappa shape index (κ2) is 13.8. The number of nitrogens with zero attached hydrogens (tertiary/aromatic N) is 5. The van der Waals surface area contributed by atoms with Crippen LogP contribution in [0, 0.1) is 0 Å². The van der Waals surface area contributed by atoms with Crippen molar-refractivity contribution in [3.8, 4) is 0 Å². The highest BCUT2D eigenvalue weighted by Gasteiger charge is 2.20. The van der Waals surface area contributed by atoms with E-state index in [0.29, 0.717) is 25.4 Å². The summed E-state index contributed by atoms with van der Waals surface area (Å²) < 4.78 is 5.27. The number of carboxylic acids is 1. The van der Waals surface area contributed by atoms with Gasteiger partial charge in [0.1, 0.15) is 29.8 Å². The van der Waals surface area contributed by atoms with Crippen LogP contribution in [0.3, 0.4) is 0 Å². The molecule has 1 atom stereocenters. The smallest absolute Gasteiger partial charge is 0.326 e. The maximum Gasteiger partial charge on any atom is 0.326 e. The first-order chi connectivity index (χ1) is 17.0. The van der Waals surface area contributed by atoms with Gasteiger partial charge in [0.05, 0.1) is 6.61 Å². The molecule has 0 unspecified atom stereocenters. The summed E-state index contributed by atoms with van der Waals surface area (Å²) in [4.78, 5) is 29.2. The number of aromatic nitrogens is 3. The standard InChI is InChI=1S/C25H39N7O3/c1-31(2)23-17-22(27-18-28-23)30-21(25(33)34)11-14-32(15-16-35-3)13-5-4-8-20-10-9-19-7-6-12-26-24(19)29-20/h9-10,17-18,21H,4-8,11-16H2,1-3H3,(H,26,29)(H,33,34)(H,27,28,30)/t21-/m0/s1. The van der Waals surface area contributed by atoms with Crippen molar-refractivity contribution in [1.29, 1.82) is 0 Å². The predicted molar refractivity (Wildman–Crippen MR) is 138 cm³/mol. The predicted octanol–water partition coefficient (Wildman–Crippen LogP) is 2.52. The van der Waals surface area contributed by atoms with E-state index in [2.05, 4.69) is 37.6 Å². The van der Waals surface area contributed by atoms with E-state index in [0.717, 1.165) is 62.6 Å². The van der Waals surface area contributed by atoms with Crippen molar-refractivity contribution in [3.05, 3.63) is 35.8 Å². The normalized spacial score (nSPS) is 13.7. The molecule has 35 heavy (non-hydrogen) atoms. The van der Waals surface area contributed by atoms with Gasteiger partial charge < -0.3 is 30.3 Å². The Morgan fingerprint density at radius 1 is 1.23 bits per heavy atom. The fraction of sp³-hybridized carbons (Fsp3) is 0.600. The van der Waals surface area contributed by atoms with Gasteiger partial charge in [-0.3, -0.25) is 0 Å². The third kappa shape index (κ3) is 8.63. The molecular weight excluding hydrogens is 446 g/mol. The first-order valence-corrected chi connectivity index (χ1v) is 12.4. The summed E-state index contributed by atoms with van der Waals surface area (Å²) in [7, 11) is 5.45. The van der Waals surface area contributed by atoms with Crippen LogP contribution in [0.15, 0.2) is 24.5 Å². The number of aryl methyl sites for hydroxylation is 2. The van der Waals surface area contributed by atoms with Gasteiger partial charge in [0.25, 0.3) is 0 Å². The molecular formula is C25H39N7O3. The van der Waals surface area contributed by atoms with Gasteiger partial charge in [-0.15, -0.1) is 0 Å². The molecule has 0 radical (unpaired) electrons. The molecule has 0 bridgehead atoms. The van der Waals surface area contributed by atoms with Crippen LogP contribution in [0.5, 0.6) is 0 Å². The number of hydrogen-bond acceptors (Lipinski definition) is 9. The largest absolute Gasteiger partial charge is 0.480 e. The van der Waals surface area contributed by atoms with Crippen LogP contribution in [0.1, 0.15) is 36.9 Å². The SMILES string of the molecule is COCCN(CCCCc1ccc2c(n1)NCCC2)CC[C@H](Nc1cc(N(C)C)ncn1)C(=O)O. The van der Waals surface area contributed by atoms with Crippen molar-refractivity contribution in [2.75, 3.05) is 69.5 Å². The Labute approximate surface area is 208 Å². The average Bonchev–Trinajstić information content (AvgIpc) is 2.86. The first kappa shape index (κ1) is 26.6. The number of unbranched alkanes of at least 4 members (excludes halogenated alkanes) is 1. The molecule has 3 rings (SSSR count). The molecule has 0 saturated heterocycles. The van der Waals surface area contributed by atoms with Crippen LogP contribution >= 0.6 is 0 Å². The summed E-state index contributed by atoms with van der Waals surface area (Å²) in [6.07, 6.45) is 7.15. The zero-order chi connectivity index (χ0) is 25.0. The van der Waals surface area contributed by atoms with Crippen LogP contribution < -0.4 is 15.5 Å². The highest BCUT2D eigenvalue weighted by Crippen LogP contribution is 2.20. The summed E-state index contributed by atoms with van der Waals surface area (Å²) in [5.41, 5.74) is 2.44. The van der Waals surface area contributed by atoms with E-state index in [9.17, 15) is 9.90 Å². The number of hydrogen-bond donors (Lipinski definition) is 3. The lowest BCUT2D eigenvalue weighted by Crippen LogP contribution is -2.37. The first-order valence-electron chi connectivity index (χ1n) is 12.4. The third-order valence-electron chi connectivity index (χ3n) is 6.19. The third-order valence-corrected chi connectivity index (χ3v) is 6.19. The van der Waals surface area contributed by atoms with Gasteiger partial charge in [-0.25, -0.2) is 19.7 Å². The summed E-state index contributed by atoms with van der Waals surface area (Å²) >= 11 is 0. The fourth-order valence-electron chi connectivity index (χ4n) is 4.12. The van der Waals surface area contributed by atoms with Crippen LogP contribution in [-0.4, -0.2) is 91.0 Å². The van der Waals surface area contributed by atoms with Crippen molar-refractivity contribution >= 4 is 23.4 Å². The molecule has 0 aliphatic carbocycles. The van der Waals surface area contributed by atoms with Crippen molar-refractivity contribution < 1.29 is 14.6 Å². The lowest BCUT2D eigenvalue weighted by atomic mass is 10.1. The lowest BCUT2D eigenvalue weighted by molar-refractivity contribution is -0.138. The number of rotatable bonds is 15. The molecule has 3 N–H and O–H groups in total. The zero-order valence-corrected chi connectivity index (χ0v) is 21.2. The maximum atomic E-state index is 11.9. The van der Waals surface area contributed by atoms with E-state index in [-0.39, 0.29) is 0 Å². The van der Waals surface area contributed by atoms with Gasteiger partial charge >= 0.3 is 5.97 Å². The molecule has 1 aliphatic rings. The number of carboxylic acid groups (broad SMARTS) is 1. The molecule has 1 aliphatic heterocycles. The molecule has 2 aromatic rings. The minimum atomic E-state index is -0.895. The van der Waals surface area contributed by atoms with Gasteiger partial charge in [-0.2, -0.15) is 0 Å². The Bertz CT molecular complexity index is 941. The van der Waals surface area contributed by atoms with Gasteiger partial charge in [-0.1, -0.05) is 6.07 Å². The number of anilines is 3. The summed E-state index contributed by atoms with van der Waals surface area (Å²) in [6.45, 7) is 3.92. The molecule has 0 saturated carbocycles. The van der Waals surface area contributed by atoms with Crippen LogP contribution in [0.2, 0.25) is 0 Å². The van der Waals surface area contributed by atoms with Crippen molar-refractivity contribution in [2.24, 2.45) is 0 Å². The molecule has 0 spiro atoms. The summed E-state index contributed by atoms with van der Waals surface area (Å²) in [5.74, 6) is 1.38. The van der Waals surface area contributed by atoms with E-state index in [1.165, 1.54) is 18.3 Å². The molecule has 192 valence electrons. The second-order valence-corrected chi connectivity index (χ2v) is 9.11. The van der Waals surface area contributed by atoms with Gasteiger partial charge in [-0.05, 0) is 56.7 Å². The molecule has 3 heterocycles. The van der Waals surface area contributed by atoms with E-state index in [1.807, 2.05) is 19.0 Å². The second-order valence-electron chi connectivity index (χ2n) is 9.11. The highest BCUT2D eigenvalue weighted by molar-refractivity contribution is 5.77. The number of aliphatic carboxylic acids is 1. The molecule has 10 nitrogen and oxygen atoms in total. The van der Waals surface area contributed by atoms with E-state index in [4.69, 9.17) is 9.72 Å². The molecule has 2 aromatic heterocycles. The number of methoxy groups -OCH3 is 1. The summed E-state index contributed by atoms with van der Waals surface area (Å²) in [5, 5.41) is 16.2. The van der Waals surface area contributed by atoms with Crippen molar-refractivity contribution in [1.82, 2.24) is 19.9 Å². The van der Waals surface area contributed by atoms with Crippen molar-refractivity contribution in [3.63, 3.8) is 0 Å². The molecule has 10 heteroatoms. The lowest BCUT2D eigenvalue weighted by Gasteiger charge is -2.24. The van der Waals surface area contributed by atoms with Crippen molar-refractivity contribution in [2.45, 2.75) is 44.6 Å². The Morgan fingerprint density at radius 2 is 2.09 bits per heavy atom. The fourth-order valence-corrected chi connectivity index (χ4v) is 4.12. The van der Waals surface area contributed by atoms with E-state index in [1.54, 1.807) is 13.2 Å². The van der Waals surface area contributed by atoms with Gasteiger partial charge in [0, 0.05) is 52.6 Å². The number of nitrogens with one attached hydrogen (secondary N) is 2. The van der Waals surface area contributed by atoms with E-state index < -0.39 is 12.0 Å². The van der Waals surface area contributed by atoms with Crippen LogP contribution in [0.4, 0.5) is 17.5 Å². The summed E-state index contributed by atoms with van der Waals surface area (Å²) in [6, 6.07) is 5.36. The molecule has 0 aromatic carbocycles. The number of ether oxygens (including phenoxy) is 1. The molecule has 0 fully saturated rings. The monoisotopic (exact) mass is 485 g/mol. The van der Waals surface area contributed by atoms with Crippen LogP contribution in [0.25, 0.3) is 0 Å². The zero-order valence-electron chi connectivity index (χ0n) is 21.2. The minimum absolute atomic E-state index is 0.457. The van der Waals surface area contributed by atoms with Gasteiger partial charge in [0.2, 0.25) is 0 Å². The Kier molecular flexibility index (Phi) is 10.5. The molecule has 0 amide bonds. The topological polar surface area (TPSA) is 116 Å². The minimum Gasteiger partial charge on any atom is -0.480 e. The van der Waals surface area contributed by atoms with Crippen LogP contribution in [-0.2, 0) is 22.4 Å². The Morgan fingerprint density at radius 3 is 2.86 bits per heavy atom. The number of fused-ring (bicyclic) bond motifs is 1. The Hall–Kier alpha value is -2.98. The average molecular weight is 486 g/mol.